The molecular formula is C11H9BrF2N2S. The van der Waals surface area contributed by atoms with Crippen LogP contribution < -0.4 is 5.73 Å². The molecule has 0 saturated heterocycles. The highest BCUT2D eigenvalue weighted by Crippen LogP contribution is 2.32. The summed E-state index contributed by atoms with van der Waals surface area (Å²) in [6.07, 6.45) is 0. The van der Waals surface area contributed by atoms with E-state index in [-0.39, 0.29) is 10.0 Å². The first-order chi connectivity index (χ1) is 8.02. The maximum Gasteiger partial charge on any atom is 0.145 e. The first-order valence-electron chi connectivity index (χ1n) is 4.81. The van der Waals surface area contributed by atoms with Gasteiger partial charge in [0.25, 0.3) is 0 Å². The number of nitrogens with two attached hydrogens (primary N) is 1. The second-order valence-electron chi connectivity index (χ2n) is 3.54. The summed E-state index contributed by atoms with van der Waals surface area (Å²) in [5.74, 6) is -1.31. The monoisotopic (exact) mass is 318 g/mol. The summed E-state index contributed by atoms with van der Waals surface area (Å²) in [6.45, 7) is 1.76. The quantitative estimate of drug-likeness (QED) is 0.860. The van der Waals surface area contributed by atoms with Gasteiger partial charge in [-0.25, -0.2) is 13.8 Å². The Morgan fingerprint density at radius 3 is 2.71 bits per heavy atom. The predicted molar refractivity (Wildman–Crippen MR) is 66.9 cm³/mol. The molecule has 0 aliphatic heterocycles. The van der Waals surface area contributed by atoms with Crippen LogP contribution in [-0.2, 0) is 0 Å². The molecule has 0 bridgehead atoms. The van der Waals surface area contributed by atoms with Gasteiger partial charge < -0.3 is 5.73 Å². The third-order valence-electron chi connectivity index (χ3n) is 2.46. The van der Waals surface area contributed by atoms with E-state index >= 15 is 0 Å². The maximum absolute atomic E-state index is 13.9. The standard InChI is InChI=1S/C11H9BrF2N2S/c1-5-11(17-4-16-5)10(15)8-7(13)3-2-6(12)9(8)14/h2-4,10H,15H2,1H3. The molecule has 2 N–H and O–H groups in total. The van der Waals surface area contributed by atoms with Gasteiger partial charge in [-0.2, -0.15) is 0 Å². The van der Waals surface area contributed by atoms with Crippen LogP contribution in [0, 0.1) is 18.6 Å². The number of nitrogens with zero attached hydrogens (tertiary/aromatic N) is 1. The molecule has 2 nitrogen and oxygen atoms in total. The van der Waals surface area contributed by atoms with E-state index in [0.717, 1.165) is 0 Å². The van der Waals surface area contributed by atoms with Crippen molar-refractivity contribution in [3.05, 3.63) is 49.9 Å². The van der Waals surface area contributed by atoms with Gasteiger partial charge in [0.1, 0.15) is 11.6 Å². The van der Waals surface area contributed by atoms with E-state index in [2.05, 4.69) is 20.9 Å². The second kappa shape index (κ2) is 4.80. The van der Waals surface area contributed by atoms with Crippen LogP contribution in [0.1, 0.15) is 22.2 Å². The molecule has 90 valence electrons. The van der Waals surface area contributed by atoms with Crippen LogP contribution in [0.25, 0.3) is 0 Å². The molecule has 6 heteroatoms. The van der Waals surface area contributed by atoms with Crippen molar-refractivity contribution in [3.63, 3.8) is 0 Å². The van der Waals surface area contributed by atoms with Crippen molar-refractivity contribution in [1.29, 1.82) is 0 Å². The molecule has 1 unspecified atom stereocenters. The Hall–Kier alpha value is -0.850. The molecule has 2 aromatic rings. The van der Waals surface area contributed by atoms with Gasteiger partial charge in [-0.1, -0.05) is 0 Å². The van der Waals surface area contributed by atoms with Gasteiger partial charge in [-0.05, 0) is 35.0 Å². The summed E-state index contributed by atoms with van der Waals surface area (Å²) in [5.41, 5.74) is 8.07. The normalized spacial score (nSPS) is 12.8. The minimum absolute atomic E-state index is 0.133. The average Bonchev–Trinajstić information content (AvgIpc) is 2.70. The fourth-order valence-electron chi connectivity index (χ4n) is 1.57. The molecule has 1 heterocycles. The van der Waals surface area contributed by atoms with Gasteiger partial charge in [-0.15, -0.1) is 11.3 Å². The molecular weight excluding hydrogens is 310 g/mol. The van der Waals surface area contributed by atoms with Gasteiger partial charge in [0, 0.05) is 10.4 Å². The van der Waals surface area contributed by atoms with Crippen LogP contribution in [0.5, 0.6) is 0 Å². The lowest BCUT2D eigenvalue weighted by molar-refractivity contribution is 0.540. The predicted octanol–water partition coefficient (Wildman–Crippen LogP) is 3.54. The van der Waals surface area contributed by atoms with Crippen molar-refractivity contribution in [2.45, 2.75) is 13.0 Å². The molecule has 1 aromatic carbocycles. The van der Waals surface area contributed by atoms with E-state index in [9.17, 15) is 8.78 Å². The summed E-state index contributed by atoms with van der Waals surface area (Å²) < 4.78 is 27.7. The van der Waals surface area contributed by atoms with Crippen LogP contribution in [0.15, 0.2) is 22.1 Å². The highest BCUT2D eigenvalue weighted by atomic mass is 79.9. The topological polar surface area (TPSA) is 38.9 Å². The van der Waals surface area contributed by atoms with Crippen LogP contribution >= 0.6 is 27.3 Å². The number of hydrogen-bond donors (Lipinski definition) is 1. The Balaban J connectivity index is 2.55. The number of thiazole rings is 1. The largest absolute Gasteiger partial charge is 0.319 e. The van der Waals surface area contributed by atoms with Crippen LogP contribution in [0.2, 0.25) is 0 Å². The van der Waals surface area contributed by atoms with Crippen LogP contribution in [-0.4, -0.2) is 4.98 Å². The van der Waals surface area contributed by atoms with Crippen molar-refractivity contribution >= 4 is 27.3 Å². The van der Waals surface area contributed by atoms with Crippen LogP contribution in [0.3, 0.4) is 0 Å². The third-order valence-corrected chi connectivity index (χ3v) is 4.08. The fraction of sp³-hybridized carbons (Fsp3) is 0.182. The van der Waals surface area contributed by atoms with Gasteiger partial charge >= 0.3 is 0 Å². The fourth-order valence-corrected chi connectivity index (χ4v) is 2.73. The van der Waals surface area contributed by atoms with Gasteiger partial charge in [0.15, 0.2) is 0 Å². The third kappa shape index (κ3) is 2.25. The molecule has 0 saturated carbocycles. The van der Waals surface area contributed by atoms with Gasteiger partial charge in [-0.3, -0.25) is 0 Å². The molecule has 0 radical (unpaired) electrons. The Morgan fingerprint density at radius 2 is 2.12 bits per heavy atom. The second-order valence-corrected chi connectivity index (χ2v) is 5.28. The summed E-state index contributed by atoms with van der Waals surface area (Å²) in [7, 11) is 0. The first kappa shape index (κ1) is 12.6. The first-order valence-corrected chi connectivity index (χ1v) is 6.48. The SMILES string of the molecule is Cc1ncsc1C(N)c1c(F)ccc(Br)c1F. The number of halogens is 3. The summed E-state index contributed by atoms with van der Waals surface area (Å²) in [4.78, 5) is 4.69. The summed E-state index contributed by atoms with van der Waals surface area (Å²) >= 11 is 4.31. The molecule has 0 amide bonds. The van der Waals surface area contributed by atoms with E-state index < -0.39 is 17.7 Å². The molecule has 1 aromatic heterocycles. The zero-order chi connectivity index (χ0) is 12.6. The highest BCUT2D eigenvalue weighted by molar-refractivity contribution is 9.10. The Morgan fingerprint density at radius 1 is 1.41 bits per heavy atom. The maximum atomic E-state index is 13.9. The number of aromatic nitrogens is 1. The molecule has 1 atom stereocenters. The zero-order valence-electron chi connectivity index (χ0n) is 8.88. The van der Waals surface area contributed by atoms with Gasteiger partial charge in [0.05, 0.1) is 21.7 Å². The number of aryl methyl sites for hydroxylation is 1. The number of rotatable bonds is 2. The van der Waals surface area contributed by atoms with E-state index in [1.165, 1.54) is 23.5 Å². The van der Waals surface area contributed by atoms with E-state index in [1.54, 1.807) is 12.4 Å². The lowest BCUT2D eigenvalue weighted by Crippen LogP contribution is -2.15. The lowest BCUT2D eigenvalue weighted by Gasteiger charge is -2.13. The Labute approximate surface area is 110 Å². The Bertz CT molecular complexity index is 556. The van der Waals surface area contributed by atoms with E-state index in [0.29, 0.717) is 10.6 Å². The zero-order valence-corrected chi connectivity index (χ0v) is 11.3. The van der Waals surface area contributed by atoms with Gasteiger partial charge in [0.2, 0.25) is 0 Å². The molecule has 0 spiro atoms. The van der Waals surface area contributed by atoms with Crippen LogP contribution in [0.4, 0.5) is 8.78 Å². The number of benzene rings is 1. The molecule has 17 heavy (non-hydrogen) atoms. The molecule has 0 fully saturated rings. The van der Waals surface area contributed by atoms with Crippen molar-refractivity contribution in [3.8, 4) is 0 Å². The van der Waals surface area contributed by atoms with Crippen molar-refractivity contribution in [1.82, 2.24) is 4.98 Å². The molecule has 0 aliphatic carbocycles. The summed E-state index contributed by atoms with van der Waals surface area (Å²) in [5, 5.41) is 0. The molecule has 2 rings (SSSR count). The molecule has 0 aliphatic rings. The Kier molecular flexibility index (Phi) is 3.56. The minimum atomic E-state index is -0.833. The average molecular weight is 319 g/mol. The van der Waals surface area contributed by atoms with Crippen molar-refractivity contribution in [2.75, 3.05) is 0 Å². The van der Waals surface area contributed by atoms with Crippen molar-refractivity contribution in [2.24, 2.45) is 5.73 Å². The summed E-state index contributed by atoms with van der Waals surface area (Å²) in [6, 6.07) is 1.68. The van der Waals surface area contributed by atoms with E-state index in [4.69, 9.17) is 5.73 Å². The van der Waals surface area contributed by atoms with E-state index in [1.807, 2.05) is 0 Å². The smallest absolute Gasteiger partial charge is 0.145 e. The highest BCUT2D eigenvalue weighted by Gasteiger charge is 2.22. The minimum Gasteiger partial charge on any atom is -0.319 e. The van der Waals surface area contributed by atoms with Crippen molar-refractivity contribution < 1.29 is 8.78 Å². The lowest BCUT2D eigenvalue weighted by atomic mass is 10.0. The number of hydrogen-bond acceptors (Lipinski definition) is 3.